The molecule has 0 bridgehead atoms. The molecular formula is C17H19ClN4O4. The molecule has 0 spiro atoms. The highest BCUT2D eigenvalue weighted by Gasteiger charge is 2.33. The van der Waals surface area contributed by atoms with Crippen molar-refractivity contribution in [3.05, 3.63) is 74.7 Å². The SMILES string of the molecule is Cl.N[C@@H]1CN(C(=O)Cn2cc([N+](=O)[O-])ccc2=O)C[C@H]1c1ccccc1. The van der Waals surface area contributed by atoms with Crippen molar-refractivity contribution in [2.45, 2.75) is 18.5 Å². The minimum Gasteiger partial charge on any atom is -0.339 e. The lowest BCUT2D eigenvalue weighted by molar-refractivity contribution is -0.385. The van der Waals surface area contributed by atoms with Gasteiger partial charge in [0.15, 0.2) is 0 Å². The largest absolute Gasteiger partial charge is 0.339 e. The van der Waals surface area contributed by atoms with Crippen LogP contribution in [0.15, 0.2) is 53.5 Å². The lowest BCUT2D eigenvalue weighted by atomic mass is 9.95. The summed E-state index contributed by atoms with van der Waals surface area (Å²) in [4.78, 5) is 36.2. The summed E-state index contributed by atoms with van der Waals surface area (Å²) < 4.78 is 1.06. The fourth-order valence-corrected chi connectivity index (χ4v) is 3.08. The maximum Gasteiger partial charge on any atom is 0.285 e. The van der Waals surface area contributed by atoms with Crippen molar-refractivity contribution in [2.24, 2.45) is 5.73 Å². The fraction of sp³-hybridized carbons (Fsp3) is 0.294. The zero-order valence-corrected chi connectivity index (χ0v) is 14.7. The highest BCUT2D eigenvalue weighted by molar-refractivity contribution is 5.85. The molecule has 2 heterocycles. The minimum absolute atomic E-state index is 0. The molecule has 0 unspecified atom stereocenters. The summed E-state index contributed by atoms with van der Waals surface area (Å²) in [6.45, 7) is 0.616. The molecule has 2 atom stereocenters. The van der Waals surface area contributed by atoms with Crippen molar-refractivity contribution in [3.8, 4) is 0 Å². The molecule has 1 aliphatic rings. The number of nitro groups is 1. The number of hydrogen-bond donors (Lipinski definition) is 1. The van der Waals surface area contributed by atoms with Gasteiger partial charge in [0.05, 0.1) is 11.1 Å². The van der Waals surface area contributed by atoms with E-state index >= 15 is 0 Å². The second-order valence-corrected chi connectivity index (χ2v) is 6.09. The van der Waals surface area contributed by atoms with Crippen LogP contribution in [0, 0.1) is 10.1 Å². The Balaban J connectivity index is 0.00000243. The Bertz CT molecular complexity index is 855. The maximum absolute atomic E-state index is 12.5. The van der Waals surface area contributed by atoms with Crippen molar-refractivity contribution < 1.29 is 9.72 Å². The number of carbonyl (C=O) groups is 1. The average Bonchev–Trinajstić information content (AvgIpc) is 2.99. The number of hydrogen-bond acceptors (Lipinski definition) is 5. The molecule has 9 heteroatoms. The van der Waals surface area contributed by atoms with Crippen LogP contribution in [0.25, 0.3) is 0 Å². The molecular weight excluding hydrogens is 360 g/mol. The van der Waals surface area contributed by atoms with Gasteiger partial charge in [-0.2, -0.15) is 0 Å². The van der Waals surface area contributed by atoms with Crippen molar-refractivity contribution in [2.75, 3.05) is 13.1 Å². The fourth-order valence-electron chi connectivity index (χ4n) is 3.08. The first kappa shape index (κ1) is 19.6. The van der Waals surface area contributed by atoms with Crippen LogP contribution in [0.4, 0.5) is 5.69 Å². The number of pyridine rings is 1. The Labute approximate surface area is 155 Å². The van der Waals surface area contributed by atoms with Gasteiger partial charge in [0.25, 0.3) is 11.2 Å². The van der Waals surface area contributed by atoms with Gasteiger partial charge >= 0.3 is 0 Å². The monoisotopic (exact) mass is 378 g/mol. The van der Waals surface area contributed by atoms with Gasteiger partial charge in [0.1, 0.15) is 6.54 Å². The number of nitrogens with two attached hydrogens (primary N) is 1. The summed E-state index contributed by atoms with van der Waals surface area (Å²) in [6.07, 6.45) is 1.09. The maximum atomic E-state index is 12.5. The van der Waals surface area contributed by atoms with E-state index in [1.54, 1.807) is 4.90 Å². The summed E-state index contributed by atoms with van der Waals surface area (Å²) in [6, 6.07) is 11.8. The highest BCUT2D eigenvalue weighted by atomic mass is 35.5. The normalized spacial score (nSPS) is 19.0. The van der Waals surface area contributed by atoms with Crippen molar-refractivity contribution in [1.82, 2.24) is 9.47 Å². The van der Waals surface area contributed by atoms with E-state index in [1.165, 1.54) is 0 Å². The van der Waals surface area contributed by atoms with Crippen LogP contribution in [0.5, 0.6) is 0 Å². The van der Waals surface area contributed by atoms with E-state index in [1.807, 2.05) is 30.3 Å². The number of likely N-dealkylation sites (tertiary alicyclic amines) is 1. The number of aromatic nitrogens is 1. The summed E-state index contributed by atoms with van der Waals surface area (Å²) >= 11 is 0. The Morgan fingerprint density at radius 2 is 1.88 bits per heavy atom. The molecule has 0 saturated carbocycles. The Hall–Kier alpha value is -2.71. The minimum atomic E-state index is -0.600. The lowest BCUT2D eigenvalue weighted by Crippen LogP contribution is -2.36. The lowest BCUT2D eigenvalue weighted by Gasteiger charge is -2.17. The molecule has 2 N–H and O–H groups in total. The summed E-state index contributed by atoms with van der Waals surface area (Å²) in [5.74, 6) is -0.247. The molecule has 1 amide bonds. The van der Waals surface area contributed by atoms with Crippen LogP contribution >= 0.6 is 12.4 Å². The van der Waals surface area contributed by atoms with Crippen molar-refractivity contribution in [1.29, 1.82) is 0 Å². The highest BCUT2D eigenvalue weighted by Crippen LogP contribution is 2.26. The molecule has 1 aromatic carbocycles. The molecule has 1 aromatic heterocycles. The van der Waals surface area contributed by atoms with E-state index in [4.69, 9.17) is 5.73 Å². The number of amides is 1. The Morgan fingerprint density at radius 1 is 1.19 bits per heavy atom. The molecule has 138 valence electrons. The second kappa shape index (κ2) is 8.11. The first-order valence-corrected chi connectivity index (χ1v) is 7.89. The topological polar surface area (TPSA) is 111 Å². The molecule has 3 rings (SSSR count). The van der Waals surface area contributed by atoms with Gasteiger partial charge in [0.2, 0.25) is 5.91 Å². The molecule has 1 aliphatic heterocycles. The molecule has 2 aromatic rings. The second-order valence-electron chi connectivity index (χ2n) is 6.09. The van der Waals surface area contributed by atoms with Gasteiger partial charge in [0, 0.05) is 37.2 Å². The van der Waals surface area contributed by atoms with Crippen LogP contribution in [0.2, 0.25) is 0 Å². The number of carbonyl (C=O) groups excluding carboxylic acids is 1. The van der Waals surface area contributed by atoms with E-state index in [9.17, 15) is 19.7 Å². The van der Waals surface area contributed by atoms with Crippen LogP contribution in [0.3, 0.4) is 0 Å². The standard InChI is InChI=1S/C17H18N4O4.ClH/c18-15-10-20(9-14(15)12-4-2-1-3-5-12)17(23)11-19-8-13(21(24)25)6-7-16(19)22;/h1-8,14-15H,9-11,18H2;1H/t14-,15+;/m0./s1. The number of halogens is 1. The molecule has 0 radical (unpaired) electrons. The van der Waals surface area contributed by atoms with Crippen LogP contribution in [-0.2, 0) is 11.3 Å². The van der Waals surface area contributed by atoms with E-state index in [-0.39, 0.29) is 42.5 Å². The van der Waals surface area contributed by atoms with E-state index in [2.05, 4.69) is 0 Å². The van der Waals surface area contributed by atoms with Crippen LogP contribution in [0.1, 0.15) is 11.5 Å². The molecule has 26 heavy (non-hydrogen) atoms. The van der Waals surface area contributed by atoms with Gasteiger partial charge in [-0.15, -0.1) is 12.4 Å². The zero-order chi connectivity index (χ0) is 18.0. The quantitative estimate of drug-likeness (QED) is 0.633. The number of rotatable bonds is 4. The number of benzene rings is 1. The smallest absolute Gasteiger partial charge is 0.285 e. The zero-order valence-electron chi connectivity index (χ0n) is 13.9. The third-order valence-electron chi connectivity index (χ3n) is 4.43. The first-order valence-electron chi connectivity index (χ1n) is 7.89. The number of nitrogens with zero attached hydrogens (tertiary/aromatic N) is 3. The van der Waals surface area contributed by atoms with Crippen LogP contribution in [-0.4, -0.2) is 39.4 Å². The first-order chi connectivity index (χ1) is 12.0. The molecule has 8 nitrogen and oxygen atoms in total. The van der Waals surface area contributed by atoms with Gasteiger partial charge in [-0.3, -0.25) is 24.3 Å². The summed E-state index contributed by atoms with van der Waals surface area (Å²) in [7, 11) is 0. The third kappa shape index (κ3) is 4.09. The predicted octanol–water partition coefficient (Wildman–Crippen LogP) is 1.13. The summed E-state index contributed by atoms with van der Waals surface area (Å²) in [5.41, 5.74) is 6.56. The van der Waals surface area contributed by atoms with E-state index in [0.717, 1.165) is 28.5 Å². The molecule has 0 aliphatic carbocycles. The van der Waals surface area contributed by atoms with Crippen LogP contribution < -0.4 is 11.3 Å². The summed E-state index contributed by atoms with van der Waals surface area (Å²) in [5, 5.41) is 10.8. The molecule has 1 fully saturated rings. The third-order valence-corrected chi connectivity index (χ3v) is 4.43. The Morgan fingerprint density at radius 3 is 2.54 bits per heavy atom. The molecule has 1 saturated heterocycles. The van der Waals surface area contributed by atoms with Gasteiger partial charge < -0.3 is 10.6 Å². The van der Waals surface area contributed by atoms with E-state index in [0.29, 0.717) is 13.1 Å². The Kier molecular flexibility index (Phi) is 6.12. The van der Waals surface area contributed by atoms with Crippen molar-refractivity contribution in [3.63, 3.8) is 0 Å². The van der Waals surface area contributed by atoms with Gasteiger partial charge in [-0.25, -0.2) is 0 Å². The van der Waals surface area contributed by atoms with Gasteiger partial charge in [-0.05, 0) is 5.56 Å². The average molecular weight is 379 g/mol. The van der Waals surface area contributed by atoms with Gasteiger partial charge in [-0.1, -0.05) is 30.3 Å². The predicted molar refractivity (Wildman–Crippen MR) is 98.3 cm³/mol. The van der Waals surface area contributed by atoms with Crippen molar-refractivity contribution >= 4 is 24.0 Å². The van der Waals surface area contributed by atoms with E-state index < -0.39 is 10.5 Å².